The zero-order valence-corrected chi connectivity index (χ0v) is 8.83. The van der Waals surface area contributed by atoms with E-state index in [9.17, 15) is 13.6 Å². The molecule has 0 aliphatic heterocycles. The Morgan fingerprint density at radius 1 is 1.43 bits per heavy atom. The van der Waals surface area contributed by atoms with E-state index in [1.807, 2.05) is 0 Å². The van der Waals surface area contributed by atoms with Gasteiger partial charge in [0.15, 0.2) is 0 Å². The summed E-state index contributed by atoms with van der Waals surface area (Å²) in [5.74, 6) is -1.36. The zero-order valence-electron chi connectivity index (χ0n) is 7.26. The van der Waals surface area contributed by atoms with Crippen LogP contribution in [0.4, 0.5) is 8.78 Å². The van der Waals surface area contributed by atoms with Crippen molar-refractivity contribution in [3.63, 3.8) is 0 Å². The van der Waals surface area contributed by atoms with Crippen LogP contribution >= 0.6 is 23.4 Å². The Hall–Kier alpha value is -0.610. The first kappa shape index (κ1) is 11.5. The predicted molar refractivity (Wildman–Crippen MR) is 53.4 cm³/mol. The molecule has 0 atom stereocenters. The van der Waals surface area contributed by atoms with E-state index in [0.29, 0.717) is 4.90 Å². The molecular weight excluding hydrogens is 230 g/mol. The van der Waals surface area contributed by atoms with Gasteiger partial charge in [-0.05, 0) is 30.0 Å². The molecule has 1 aromatic rings. The van der Waals surface area contributed by atoms with E-state index in [4.69, 9.17) is 0 Å². The second-order valence-electron chi connectivity index (χ2n) is 2.53. The van der Waals surface area contributed by atoms with Crippen molar-refractivity contribution >= 4 is 29.1 Å². The average molecular weight is 237 g/mol. The fourth-order valence-corrected chi connectivity index (χ4v) is 1.68. The number of Topliss-reactive ketones (excluding diaryl/α,β-unsaturated/α-hetero) is 1. The highest BCUT2D eigenvalue weighted by Crippen LogP contribution is 2.29. The van der Waals surface area contributed by atoms with Crippen LogP contribution in [-0.2, 0) is 0 Å². The molecule has 1 aromatic carbocycles. The maximum Gasteiger partial charge on any atom is 0.384 e. The Kier molecular flexibility index (Phi) is 3.50. The third kappa shape index (κ3) is 2.45. The lowest BCUT2D eigenvalue weighted by molar-refractivity contribution is 0.0533. The minimum Gasteiger partial charge on any atom is -0.286 e. The Morgan fingerprint density at radius 3 is 2.50 bits per heavy atom. The number of halogens is 3. The maximum atomic E-state index is 12.5. The number of ketones is 1. The van der Waals surface area contributed by atoms with Crippen molar-refractivity contribution in [1.29, 1.82) is 0 Å². The number of thioether (sulfide) groups is 1. The first-order chi connectivity index (χ1) is 6.46. The molecule has 0 aromatic heterocycles. The summed E-state index contributed by atoms with van der Waals surface area (Å²) in [5, 5.41) is -3.83. The molecule has 1 nitrogen and oxygen atoms in total. The second kappa shape index (κ2) is 4.28. The molecule has 0 N–H and O–H groups in total. The summed E-state index contributed by atoms with van der Waals surface area (Å²) in [4.78, 5) is 11.6. The monoisotopic (exact) mass is 236 g/mol. The van der Waals surface area contributed by atoms with Crippen LogP contribution in [0.25, 0.3) is 0 Å². The molecule has 0 heterocycles. The highest BCUT2D eigenvalue weighted by atomic mass is 35.5. The molecular formula is C9H7ClF2OS. The molecule has 0 spiro atoms. The van der Waals surface area contributed by atoms with Gasteiger partial charge < -0.3 is 0 Å². The van der Waals surface area contributed by atoms with Crippen LogP contribution in [0.15, 0.2) is 29.2 Å². The number of benzene rings is 1. The molecule has 0 bridgehead atoms. The molecule has 0 saturated carbocycles. The quantitative estimate of drug-likeness (QED) is 0.454. The number of hydrogen-bond acceptors (Lipinski definition) is 2. The van der Waals surface area contributed by atoms with Gasteiger partial charge in [-0.1, -0.05) is 12.1 Å². The van der Waals surface area contributed by atoms with Gasteiger partial charge in [0.05, 0.1) is 0 Å². The number of carbonyl (C=O) groups is 1. The standard InChI is InChI=1S/C9H7ClF2OS/c1-14-7-5-3-2-4-6(7)8(13)9(10,11)12/h2-5H,1H3. The summed E-state index contributed by atoms with van der Waals surface area (Å²) in [5.41, 5.74) is -0.0417. The Morgan fingerprint density at radius 2 is 2.00 bits per heavy atom. The van der Waals surface area contributed by atoms with Crippen LogP contribution in [0.5, 0.6) is 0 Å². The van der Waals surface area contributed by atoms with E-state index in [0.717, 1.165) is 0 Å². The lowest BCUT2D eigenvalue weighted by Crippen LogP contribution is -2.21. The van der Waals surface area contributed by atoms with Gasteiger partial charge in [0.25, 0.3) is 0 Å². The van der Waals surface area contributed by atoms with Crippen LogP contribution in [0, 0.1) is 0 Å². The van der Waals surface area contributed by atoms with Crippen molar-refractivity contribution in [2.24, 2.45) is 0 Å². The van der Waals surface area contributed by atoms with Gasteiger partial charge in [0.2, 0.25) is 5.78 Å². The highest BCUT2D eigenvalue weighted by Gasteiger charge is 2.37. The number of rotatable bonds is 3. The Balaban J connectivity index is 3.13. The van der Waals surface area contributed by atoms with Crippen molar-refractivity contribution in [3.05, 3.63) is 29.8 Å². The van der Waals surface area contributed by atoms with Crippen molar-refractivity contribution in [2.75, 3.05) is 6.26 Å². The Labute approximate surface area is 89.4 Å². The first-order valence-electron chi connectivity index (χ1n) is 3.71. The smallest absolute Gasteiger partial charge is 0.286 e. The average Bonchev–Trinajstić information content (AvgIpc) is 2.15. The summed E-state index contributed by atoms with van der Waals surface area (Å²) in [6, 6.07) is 6.13. The van der Waals surface area contributed by atoms with E-state index in [1.54, 1.807) is 18.4 Å². The SMILES string of the molecule is CSc1ccccc1C(=O)C(F)(F)Cl. The minimum absolute atomic E-state index is 0.0417. The van der Waals surface area contributed by atoms with E-state index in [2.05, 4.69) is 11.6 Å². The Bertz CT molecular complexity index is 349. The predicted octanol–water partition coefficient (Wildman–Crippen LogP) is 3.42. The van der Waals surface area contributed by atoms with Crippen molar-refractivity contribution in [3.8, 4) is 0 Å². The van der Waals surface area contributed by atoms with Crippen molar-refractivity contribution < 1.29 is 13.6 Å². The van der Waals surface area contributed by atoms with Gasteiger partial charge in [0, 0.05) is 10.5 Å². The van der Waals surface area contributed by atoms with Gasteiger partial charge >= 0.3 is 5.38 Å². The van der Waals surface area contributed by atoms with E-state index < -0.39 is 11.2 Å². The van der Waals surface area contributed by atoms with Crippen molar-refractivity contribution in [1.82, 2.24) is 0 Å². The molecule has 0 unspecified atom stereocenters. The molecule has 1 rings (SSSR count). The van der Waals surface area contributed by atoms with Gasteiger partial charge in [0.1, 0.15) is 0 Å². The molecule has 76 valence electrons. The molecule has 0 aliphatic carbocycles. The summed E-state index contributed by atoms with van der Waals surface area (Å²) in [7, 11) is 0. The fourth-order valence-electron chi connectivity index (χ4n) is 0.985. The molecule has 14 heavy (non-hydrogen) atoms. The number of carbonyl (C=O) groups excluding carboxylic acids is 1. The second-order valence-corrected chi connectivity index (χ2v) is 3.85. The van der Waals surface area contributed by atoms with E-state index in [-0.39, 0.29) is 5.56 Å². The molecule has 5 heteroatoms. The van der Waals surface area contributed by atoms with Crippen LogP contribution in [-0.4, -0.2) is 17.4 Å². The summed E-state index contributed by atoms with van der Waals surface area (Å²) < 4.78 is 25.0. The maximum absolute atomic E-state index is 12.5. The summed E-state index contributed by atoms with van der Waals surface area (Å²) in [6.45, 7) is 0. The third-order valence-corrected chi connectivity index (χ3v) is 2.58. The van der Waals surface area contributed by atoms with Crippen LogP contribution in [0.2, 0.25) is 0 Å². The van der Waals surface area contributed by atoms with Crippen LogP contribution < -0.4 is 0 Å². The minimum atomic E-state index is -3.83. The van der Waals surface area contributed by atoms with Gasteiger partial charge in [-0.2, -0.15) is 8.78 Å². The topological polar surface area (TPSA) is 17.1 Å². The summed E-state index contributed by atoms with van der Waals surface area (Å²) >= 11 is 5.88. The fraction of sp³-hybridized carbons (Fsp3) is 0.222. The molecule has 0 aliphatic rings. The zero-order chi connectivity index (χ0) is 10.8. The van der Waals surface area contributed by atoms with Gasteiger partial charge in [-0.25, -0.2) is 0 Å². The molecule has 0 radical (unpaired) electrons. The summed E-state index contributed by atoms with van der Waals surface area (Å²) in [6.07, 6.45) is 1.71. The highest BCUT2D eigenvalue weighted by molar-refractivity contribution is 7.98. The van der Waals surface area contributed by atoms with E-state index >= 15 is 0 Å². The van der Waals surface area contributed by atoms with Gasteiger partial charge in [-0.15, -0.1) is 11.8 Å². The van der Waals surface area contributed by atoms with Crippen molar-refractivity contribution in [2.45, 2.75) is 10.3 Å². The lowest BCUT2D eigenvalue weighted by Gasteiger charge is -2.09. The normalized spacial score (nSPS) is 11.4. The molecule has 0 saturated heterocycles. The van der Waals surface area contributed by atoms with Crippen LogP contribution in [0.1, 0.15) is 10.4 Å². The number of alkyl halides is 3. The molecule has 0 amide bonds. The number of hydrogen-bond donors (Lipinski definition) is 0. The van der Waals surface area contributed by atoms with E-state index in [1.165, 1.54) is 23.9 Å². The lowest BCUT2D eigenvalue weighted by atomic mass is 10.1. The molecule has 0 fully saturated rings. The largest absolute Gasteiger partial charge is 0.384 e. The van der Waals surface area contributed by atoms with Gasteiger partial charge in [-0.3, -0.25) is 4.79 Å². The van der Waals surface area contributed by atoms with Crippen LogP contribution in [0.3, 0.4) is 0 Å². The third-order valence-electron chi connectivity index (χ3n) is 1.61. The first-order valence-corrected chi connectivity index (χ1v) is 5.31.